The third kappa shape index (κ3) is 4.47. The van der Waals surface area contributed by atoms with Crippen LogP contribution in [0.3, 0.4) is 0 Å². The quantitative estimate of drug-likeness (QED) is 0.547. The number of benzene rings is 2. The van der Waals surface area contributed by atoms with Crippen molar-refractivity contribution >= 4 is 22.2 Å². The summed E-state index contributed by atoms with van der Waals surface area (Å²) in [5.41, 5.74) is 4.21. The van der Waals surface area contributed by atoms with Gasteiger partial charge in [-0.05, 0) is 67.2 Å². The predicted molar refractivity (Wildman–Crippen MR) is 121 cm³/mol. The molecule has 0 amide bonds. The lowest BCUT2D eigenvalue weighted by Crippen LogP contribution is -2.48. The van der Waals surface area contributed by atoms with Crippen molar-refractivity contribution in [3.8, 4) is 5.69 Å². The molecule has 164 valence electrons. The fourth-order valence-electron chi connectivity index (χ4n) is 3.72. The van der Waals surface area contributed by atoms with Crippen LogP contribution in [0.25, 0.3) is 5.69 Å². The van der Waals surface area contributed by atoms with Crippen LogP contribution in [0.4, 0.5) is 0 Å². The Morgan fingerprint density at radius 2 is 1.55 bits per heavy atom. The van der Waals surface area contributed by atoms with Crippen molar-refractivity contribution < 1.29 is 8.42 Å². The Morgan fingerprint density at radius 1 is 0.903 bits per heavy atom. The molecule has 0 atom stereocenters. The molecule has 1 aliphatic rings. The molecule has 2 aromatic carbocycles. The third-order valence-corrected chi connectivity index (χ3v) is 7.84. The maximum Gasteiger partial charge on any atom is 0.243 e. The summed E-state index contributed by atoms with van der Waals surface area (Å²) >= 11 is 5.59. The molecule has 3 aromatic rings. The highest BCUT2D eigenvalue weighted by atomic mass is 32.2. The third-order valence-electron chi connectivity index (χ3n) is 5.54. The summed E-state index contributed by atoms with van der Waals surface area (Å²) in [6, 6.07) is 13.1. The molecular weight excluding hydrogens is 432 g/mol. The Balaban J connectivity index is 1.43. The van der Waals surface area contributed by atoms with Gasteiger partial charge in [0.15, 0.2) is 0 Å². The van der Waals surface area contributed by atoms with Gasteiger partial charge in [-0.3, -0.25) is 4.90 Å². The first-order chi connectivity index (χ1) is 14.8. The Kier molecular flexibility index (Phi) is 6.07. The molecule has 31 heavy (non-hydrogen) atoms. The van der Waals surface area contributed by atoms with Gasteiger partial charge in [-0.1, -0.05) is 35.4 Å². The fraction of sp³-hybridized carbons (Fsp3) is 0.381. The van der Waals surface area contributed by atoms with Gasteiger partial charge in [0.05, 0.1) is 17.3 Å². The van der Waals surface area contributed by atoms with E-state index in [2.05, 4.69) is 21.4 Å². The lowest BCUT2D eigenvalue weighted by atomic mass is 10.1. The maximum absolute atomic E-state index is 12.9. The number of aryl methyl sites for hydroxylation is 3. The summed E-state index contributed by atoms with van der Waals surface area (Å²) in [5, 5.41) is 8.46. The predicted octanol–water partition coefficient (Wildman–Crippen LogP) is 2.69. The number of rotatable bonds is 5. The van der Waals surface area contributed by atoms with Gasteiger partial charge in [-0.2, -0.15) is 8.99 Å². The van der Waals surface area contributed by atoms with Gasteiger partial charge in [0.2, 0.25) is 14.8 Å². The number of hydrogen-bond acceptors (Lipinski definition) is 6. The molecular formula is C21H26N6O2S2. The molecule has 4 rings (SSSR count). The van der Waals surface area contributed by atoms with Crippen LogP contribution in [-0.2, 0) is 16.7 Å². The zero-order valence-corrected chi connectivity index (χ0v) is 19.5. The molecule has 0 spiro atoms. The van der Waals surface area contributed by atoms with Crippen molar-refractivity contribution in [2.45, 2.75) is 32.3 Å². The molecule has 0 N–H and O–H groups in total. The molecule has 1 aromatic heterocycles. The Morgan fingerprint density at radius 3 is 2.19 bits per heavy atom. The normalized spacial score (nSPS) is 16.0. The van der Waals surface area contributed by atoms with Gasteiger partial charge in [0.1, 0.15) is 0 Å². The summed E-state index contributed by atoms with van der Waals surface area (Å²) in [6.45, 7) is 8.54. The highest BCUT2D eigenvalue weighted by Gasteiger charge is 2.28. The van der Waals surface area contributed by atoms with Crippen LogP contribution in [0.5, 0.6) is 0 Å². The van der Waals surface area contributed by atoms with Crippen LogP contribution in [0.2, 0.25) is 0 Å². The topological polar surface area (TPSA) is 76.3 Å². The largest absolute Gasteiger partial charge is 0.282 e. The van der Waals surface area contributed by atoms with Crippen molar-refractivity contribution in [2.24, 2.45) is 0 Å². The van der Waals surface area contributed by atoms with Gasteiger partial charge in [0.25, 0.3) is 0 Å². The minimum Gasteiger partial charge on any atom is -0.282 e. The van der Waals surface area contributed by atoms with Gasteiger partial charge in [-0.15, -0.1) is 0 Å². The van der Waals surface area contributed by atoms with Gasteiger partial charge in [0, 0.05) is 26.2 Å². The molecule has 0 aliphatic carbocycles. The van der Waals surface area contributed by atoms with Crippen molar-refractivity contribution in [1.82, 2.24) is 29.0 Å². The van der Waals surface area contributed by atoms with Crippen LogP contribution in [0.15, 0.2) is 47.4 Å². The summed E-state index contributed by atoms with van der Waals surface area (Å²) in [5.74, 6) is 0. The monoisotopic (exact) mass is 458 g/mol. The van der Waals surface area contributed by atoms with Crippen LogP contribution in [0, 0.1) is 25.5 Å². The van der Waals surface area contributed by atoms with Crippen LogP contribution in [0.1, 0.15) is 16.7 Å². The Hall–Kier alpha value is -2.40. The van der Waals surface area contributed by atoms with Crippen LogP contribution in [-0.4, -0.2) is 63.6 Å². The molecule has 0 saturated carbocycles. The molecule has 10 heteroatoms. The van der Waals surface area contributed by atoms with Crippen molar-refractivity contribution in [3.05, 3.63) is 63.9 Å². The molecule has 0 unspecified atom stereocenters. The van der Waals surface area contributed by atoms with E-state index in [1.54, 1.807) is 25.8 Å². The van der Waals surface area contributed by atoms with E-state index in [0.29, 0.717) is 42.5 Å². The number of nitrogens with zero attached hydrogens (tertiary/aromatic N) is 6. The number of piperazine rings is 1. The molecule has 1 fully saturated rings. The van der Waals surface area contributed by atoms with E-state index in [1.807, 2.05) is 45.0 Å². The minimum atomic E-state index is -3.48. The Labute approximate surface area is 187 Å². The summed E-state index contributed by atoms with van der Waals surface area (Å²) in [7, 11) is -3.48. The van der Waals surface area contributed by atoms with E-state index in [4.69, 9.17) is 12.2 Å². The van der Waals surface area contributed by atoms with E-state index >= 15 is 0 Å². The summed E-state index contributed by atoms with van der Waals surface area (Å²) < 4.78 is 31.2. The standard InChI is InChI=1S/C21H26N6O2S2/c1-16-4-7-19(8-5-16)31(28,29)25-12-10-24(11-13-25)15-26-21(30)27(23-22-26)20-9-6-17(2)14-18(20)3/h4-9,14H,10-13,15H2,1-3H3. The Bertz CT molecular complexity index is 1240. The molecule has 0 bridgehead atoms. The fourth-order valence-corrected chi connectivity index (χ4v) is 5.37. The van der Waals surface area contributed by atoms with Crippen LogP contribution >= 0.6 is 12.2 Å². The number of aromatic nitrogens is 4. The second kappa shape index (κ2) is 8.62. The lowest BCUT2D eigenvalue weighted by Gasteiger charge is -2.33. The summed E-state index contributed by atoms with van der Waals surface area (Å²) in [6.07, 6.45) is 0. The van der Waals surface area contributed by atoms with Crippen molar-refractivity contribution in [3.63, 3.8) is 0 Å². The smallest absolute Gasteiger partial charge is 0.243 e. The summed E-state index contributed by atoms with van der Waals surface area (Å²) in [4.78, 5) is 2.48. The van der Waals surface area contributed by atoms with Gasteiger partial charge in [-0.25, -0.2) is 13.1 Å². The van der Waals surface area contributed by atoms with Gasteiger partial charge >= 0.3 is 0 Å². The second-order valence-electron chi connectivity index (χ2n) is 7.94. The van der Waals surface area contributed by atoms with E-state index in [-0.39, 0.29) is 0 Å². The maximum atomic E-state index is 12.9. The molecule has 1 aliphatic heterocycles. The van der Waals surface area contributed by atoms with E-state index in [1.165, 1.54) is 5.56 Å². The van der Waals surface area contributed by atoms with E-state index < -0.39 is 10.0 Å². The average Bonchev–Trinajstić information content (AvgIpc) is 3.09. The first-order valence-corrected chi connectivity index (χ1v) is 12.0. The highest BCUT2D eigenvalue weighted by molar-refractivity contribution is 7.89. The molecule has 8 nitrogen and oxygen atoms in total. The average molecular weight is 459 g/mol. The highest BCUT2D eigenvalue weighted by Crippen LogP contribution is 2.19. The van der Waals surface area contributed by atoms with Gasteiger partial charge < -0.3 is 0 Å². The first-order valence-electron chi connectivity index (χ1n) is 10.2. The number of hydrogen-bond donors (Lipinski definition) is 0. The molecule has 1 saturated heterocycles. The number of tetrazole rings is 1. The zero-order valence-electron chi connectivity index (χ0n) is 17.9. The van der Waals surface area contributed by atoms with Crippen LogP contribution < -0.4 is 0 Å². The lowest BCUT2D eigenvalue weighted by molar-refractivity contribution is 0.144. The van der Waals surface area contributed by atoms with E-state index in [0.717, 1.165) is 16.8 Å². The molecule has 0 radical (unpaired) electrons. The number of sulfonamides is 1. The van der Waals surface area contributed by atoms with Crippen molar-refractivity contribution in [2.75, 3.05) is 26.2 Å². The first kappa shape index (κ1) is 21.8. The van der Waals surface area contributed by atoms with E-state index in [9.17, 15) is 8.42 Å². The molecule has 2 heterocycles. The van der Waals surface area contributed by atoms with Crippen molar-refractivity contribution in [1.29, 1.82) is 0 Å². The zero-order chi connectivity index (χ0) is 22.2. The SMILES string of the molecule is Cc1ccc(S(=O)(=O)N2CCN(Cn3nnn(-c4ccc(C)cc4C)c3=S)CC2)cc1. The second-order valence-corrected chi connectivity index (χ2v) is 10.2. The minimum absolute atomic E-state index is 0.338.